The van der Waals surface area contributed by atoms with Crippen LogP contribution in [0.25, 0.3) is 0 Å². The van der Waals surface area contributed by atoms with E-state index in [1.807, 2.05) is 6.07 Å². The maximum atomic E-state index is 12.8. The number of ether oxygens (including phenoxy) is 1. The number of sulfone groups is 1. The fraction of sp³-hybridized carbons (Fsp3) is 0.368. The molecule has 0 bridgehead atoms. The zero-order chi connectivity index (χ0) is 17.9. The highest BCUT2D eigenvalue weighted by Gasteiger charge is 2.23. The number of aryl methyl sites for hydroxylation is 1. The molecule has 0 aromatic heterocycles. The SMILES string of the molecule is CC(O)CNCC1CCc2ccc(S(=O)(=O)c3ccccc3)cc2O1. The highest BCUT2D eigenvalue weighted by atomic mass is 32.2. The van der Waals surface area contributed by atoms with E-state index in [1.54, 1.807) is 49.4 Å². The molecule has 1 aliphatic heterocycles. The Kier molecular flexibility index (Phi) is 5.42. The molecule has 0 saturated heterocycles. The second kappa shape index (κ2) is 7.56. The standard InChI is InChI=1S/C19H23NO4S/c1-14(21)12-20-13-16-9-7-15-8-10-18(11-19(15)24-16)25(22,23)17-5-3-2-4-6-17/h2-6,8,10-11,14,16,20-21H,7,9,12-13H2,1H3. The monoisotopic (exact) mass is 361 g/mol. The Morgan fingerprint density at radius 2 is 1.96 bits per heavy atom. The number of hydrogen-bond acceptors (Lipinski definition) is 5. The van der Waals surface area contributed by atoms with Gasteiger partial charge in [-0.3, -0.25) is 0 Å². The van der Waals surface area contributed by atoms with Gasteiger partial charge in [0.2, 0.25) is 9.84 Å². The van der Waals surface area contributed by atoms with Crippen LogP contribution in [0.1, 0.15) is 18.9 Å². The molecule has 1 heterocycles. The van der Waals surface area contributed by atoms with E-state index in [2.05, 4.69) is 5.32 Å². The molecule has 0 radical (unpaired) electrons. The van der Waals surface area contributed by atoms with Gasteiger partial charge in [-0.15, -0.1) is 0 Å². The molecule has 6 heteroatoms. The molecule has 2 N–H and O–H groups in total. The van der Waals surface area contributed by atoms with Crippen molar-refractivity contribution in [2.75, 3.05) is 13.1 Å². The Morgan fingerprint density at radius 1 is 1.20 bits per heavy atom. The summed E-state index contributed by atoms with van der Waals surface area (Å²) in [6.07, 6.45) is 1.28. The van der Waals surface area contributed by atoms with Gasteiger partial charge in [-0.1, -0.05) is 24.3 Å². The molecule has 5 nitrogen and oxygen atoms in total. The molecule has 2 unspecified atom stereocenters. The fourth-order valence-corrected chi connectivity index (χ4v) is 4.20. The lowest BCUT2D eigenvalue weighted by molar-refractivity contribution is 0.153. The van der Waals surface area contributed by atoms with Gasteiger partial charge in [0.25, 0.3) is 0 Å². The minimum Gasteiger partial charge on any atom is -0.489 e. The van der Waals surface area contributed by atoms with Crippen LogP contribution in [0.2, 0.25) is 0 Å². The molecule has 0 spiro atoms. The molecule has 2 aromatic carbocycles. The molecular weight excluding hydrogens is 338 g/mol. The highest BCUT2D eigenvalue weighted by molar-refractivity contribution is 7.91. The second-order valence-electron chi connectivity index (χ2n) is 6.37. The zero-order valence-corrected chi connectivity index (χ0v) is 15.0. The van der Waals surface area contributed by atoms with Crippen molar-refractivity contribution < 1.29 is 18.3 Å². The van der Waals surface area contributed by atoms with Crippen molar-refractivity contribution in [1.82, 2.24) is 5.32 Å². The van der Waals surface area contributed by atoms with E-state index in [0.29, 0.717) is 18.8 Å². The van der Waals surface area contributed by atoms with Gasteiger partial charge in [0.05, 0.1) is 15.9 Å². The van der Waals surface area contributed by atoms with E-state index in [9.17, 15) is 13.5 Å². The van der Waals surface area contributed by atoms with Gasteiger partial charge in [0.15, 0.2) is 0 Å². The van der Waals surface area contributed by atoms with E-state index in [4.69, 9.17) is 4.74 Å². The molecule has 0 fully saturated rings. The fourth-order valence-electron chi connectivity index (χ4n) is 2.91. The Labute approximate surface area is 148 Å². The van der Waals surface area contributed by atoms with Gasteiger partial charge in [-0.05, 0) is 49.6 Å². The summed E-state index contributed by atoms with van der Waals surface area (Å²) in [5, 5.41) is 12.5. The largest absolute Gasteiger partial charge is 0.489 e. The molecule has 0 amide bonds. The van der Waals surface area contributed by atoms with Crippen LogP contribution in [-0.2, 0) is 16.3 Å². The van der Waals surface area contributed by atoms with Gasteiger partial charge in [0.1, 0.15) is 11.9 Å². The molecular formula is C19H23NO4S. The minimum absolute atomic E-state index is 0.0269. The predicted octanol–water partition coefficient (Wildman–Crippen LogP) is 2.18. The number of benzene rings is 2. The predicted molar refractivity (Wildman–Crippen MR) is 95.6 cm³/mol. The molecule has 2 atom stereocenters. The third-order valence-electron chi connectivity index (χ3n) is 4.24. The van der Waals surface area contributed by atoms with Crippen LogP contribution in [0, 0.1) is 0 Å². The van der Waals surface area contributed by atoms with Gasteiger partial charge in [0, 0.05) is 13.1 Å². The average Bonchev–Trinajstić information content (AvgIpc) is 2.61. The first-order valence-electron chi connectivity index (χ1n) is 8.45. The lowest BCUT2D eigenvalue weighted by atomic mass is 10.0. The van der Waals surface area contributed by atoms with E-state index < -0.39 is 15.9 Å². The summed E-state index contributed by atoms with van der Waals surface area (Å²) >= 11 is 0. The summed E-state index contributed by atoms with van der Waals surface area (Å²) in [6.45, 7) is 2.86. The topological polar surface area (TPSA) is 75.6 Å². The van der Waals surface area contributed by atoms with Crippen LogP contribution in [0.3, 0.4) is 0 Å². The van der Waals surface area contributed by atoms with Crippen LogP contribution < -0.4 is 10.1 Å². The van der Waals surface area contributed by atoms with Gasteiger partial charge in [-0.25, -0.2) is 8.42 Å². The highest BCUT2D eigenvalue weighted by Crippen LogP contribution is 2.32. The molecule has 3 rings (SSSR count). The molecule has 25 heavy (non-hydrogen) atoms. The molecule has 0 saturated carbocycles. The normalized spacial score (nSPS) is 18.2. The second-order valence-corrected chi connectivity index (χ2v) is 8.32. The van der Waals surface area contributed by atoms with Gasteiger partial charge < -0.3 is 15.2 Å². The van der Waals surface area contributed by atoms with Crippen LogP contribution in [-0.4, -0.2) is 38.8 Å². The molecule has 2 aromatic rings. The summed E-state index contributed by atoms with van der Waals surface area (Å²) in [7, 11) is -3.55. The van der Waals surface area contributed by atoms with Gasteiger partial charge >= 0.3 is 0 Å². The van der Waals surface area contributed by atoms with E-state index in [1.165, 1.54) is 0 Å². The van der Waals surface area contributed by atoms with Crippen molar-refractivity contribution in [3.05, 3.63) is 54.1 Å². The average molecular weight is 361 g/mol. The Balaban J connectivity index is 1.78. The molecule has 0 aliphatic carbocycles. The minimum atomic E-state index is -3.55. The lowest BCUT2D eigenvalue weighted by Gasteiger charge is -2.27. The lowest BCUT2D eigenvalue weighted by Crippen LogP contribution is -2.37. The first-order chi connectivity index (χ1) is 12.0. The van der Waals surface area contributed by atoms with E-state index in [-0.39, 0.29) is 15.9 Å². The summed E-state index contributed by atoms with van der Waals surface area (Å²) < 4.78 is 31.5. The maximum Gasteiger partial charge on any atom is 0.206 e. The Morgan fingerprint density at radius 3 is 2.68 bits per heavy atom. The van der Waals surface area contributed by atoms with Crippen molar-refractivity contribution in [3.8, 4) is 5.75 Å². The number of hydrogen-bond donors (Lipinski definition) is 2. The Hall–Kier alpha value is -1.89. The number of nitrogens with one attached hydrogen (secondary N) is 1. The maximum absolute atomic E-state index is 12.8. The van der Waals surface area contributed by atoms with Crippen LogP contribution >= 0.6 is 0 Å². The summed E-state index contributed by atoms with van der Waals surface area (Å²) in [6, 6.07) is 13.5. The first kappa shape index (κ1) is 17.9. The van der Waals surface area contributed by atoms with Crippen LogP contribution in [0.5, 0.6) is 5.75 Å². The van der Waals surface area contributed by atoms with Crippen molar-refractivity contribution >= 4 is 9.84 Å². The van der Waals surface area contributed by atoms with Crippen molar-refractivity contribution in [2.24, 2.45) is 0 Å². The zero-order valence-electron chi connectivity index (χ0n) is 14.2. The molecule has 134 valence electrons. The smallest absolute Gasteiger partial charge is 0.206 e. The van der Waals surface area contributed by atoms with Crippen molar-refractivity contribution in [2.45, 2.75) is 41.8 Å². The molecule has 1 aliphatic rings. The quantitative estimate of drug-likeness (QED) is 0.825. The van der Waals surface area contributed by atoms with Crippen LogP contribution in [0.4, 0.5) is 0 Å². The van der Waals surface area contributed by atoms with E-state index in [0.717, 1.165) is 18.4 Å². The first-order valence-corrected chi connectivity index (χ1v) is 9.93. The number of fused-ring (bicyclic) bond motifs is 1. The summed E-state index contributed by atoms with van der Waals surface area (Å²) in [5.41, 5.74) is 1.03. The van der Waals surface area contributed by atoms with Crippen molar-refractivity contribution in [1.29, 1.82) is 0 Å². The van der Waals surface area contributed by atoms with E-state index >= 15 is 0 Å². The van der Waals surface area contributed by atoms with Gasteiger partial charge in [-0.2, -0.15) is 0 Å². The number of aliphatic hydroxyl groups is 1. The number of aliphatic hydroxyl groups excluding tert-OH is 1. The third-order valence-corrected chi connectivity index (χ3v) is 6.01. The summed E-state index contributed by atoms with van der Waals surface area (Å²) in [4.78, 5) is 0.524. The number of rotatable bonds is 6. The van der Waals surface area contributed by atoms with Crippen molar-refractivity contribution in [3.63, 3.8) is 0 Å². The Bertz CT molecular complexity index is 819. The summed E-state index contributed by atoms with van der Waals surface area (Å²) in [5.74, 6) is 0.632. The van der Waals surface area contributed by atoms with Crippen LogP contribution in [0.15, 0.2) is 58.3 Å². The third kappa shape index (κ3) is 4.21.